The topological polar surface area (TPSA) is 47.6 Å². The average Bonchev–Trinajstić information content (AvgIpc) is 2.30. The fraction of sp³-hybridized carbons (Fsp3) is 0.455. The van der Waals surface area contributed by atoms with Crippen LogP contribution in [0.5, 0.6) is 0 Å². The molecule has 0 heterocycles. The van der Waals surface area contributed by atoms with E-state index in [-0.39, 0.29) is 6.04 Å². The Bertz CT molecular complexity index is 348. The van der Waals surface area contributed by atoms with Gasteiger partial charge < -0.3 is 9.05 Å². The summed E-state index contributed by atoms with van der Waals surface area (Å²) < 4.78 is 21.4. The highest BCUT2D eigenvalue weighted by Gasteiger charge is 2.23. The molecule has 1 aromatic carbocycles. The minimum Gasteiger partial charge on any atom is -0.300 e. The lowest BCUT2D eigenvalue weighted by Gasteiger charge is -2.20. The first-order valence-corrected chi connectivity index (χ1v) is 6.67. The molecule has 0 aromatic heterocycles. The first kappa shape index (κ1) is 13.4. The maximum atomic E-state index is 11.8. The quantitative estimate of drug-likeness (QED) is 0.780. The summed E-state index contributed by atoms with van der Waals surface area (Å²) in [6.45, 7) is 1.94. The van der Waals surface area contributed by atoms with Crippen LogP contribution in [-0.4, -0.2) is 20.3 Å². The fourth-order valence-electron chi connectivity index (χ4n) is 1.46. The molecule has 0 amide bonds. The summed E-state index contributed by atoms with van der Waals surface area (Å²) >= 11 is 0. The Hall–Kier alpha value is -0.670. The van der Waals surface area contributed by atoms with Crippen molar-refractivity contribution >= 4 is 7.75 Å². The molecular weight excluding hydrogens is 225 g/mol. The minimum atomic E-state index is -3.12. The van der Waals surface area contributed by atoms with Crippen molar-refractivity contribution in [2.24, 2.45) is 0 Å². The van der Waals surface area contributed by atoms with Gasteiger partial charge in [-0.3, -0.25) is 0 Å². The van der Waals surface area contributed by atoms with Gasteiger partial charge in [-0.2, -0.15) is 0 Å². The molecule has 1 aromatic rings. The monoisotopic (exact) mass is 243 g/mol. The first-order valence-electron chi connectivity index (χ1n) is 5.13. The Kier molecular flexibility index (Phi) is 5.16. The van der Waals surface area contributed by atoms with Crippen molar-refractivity contribution in [3.05, 3.63) is 35.9 Å². The summed E-state index contributed by atoms with van der Waals surface area (Å²) in [4.78, 5) is 0. The molecule has 0 aliphatic heterocycles. The zero-order valence-electron chi connectivity index (χ0n) is 9.84. The molecular formula is C11H18NO3P. The van der Waals surface area contributed by atoms with Crippen molar-refractivity contribution in [3.63, 3.8) is 0 Å². The van der Waals surface area contributed by atoms with Crippen molar-refractivity contribution in [3.8, 4) is 0 Å². The van der Waals surface area contributed by atoms with Crippen molar-refractivity contribution in [1.29, 1.82) is 0 Å². The summed E-state index contributed by atoms with van der Waals surface area (Å²) in [7, 11) is -0.389. The molecule has 0 fully saturated rings. The molecule has 0 spiro atoms. The molecule has 1 rings (SSSR count). The molecule has 1 atom stereocenters. The van der Waals surface area contributed by atoms with Gasteiger partial charge in [0.15, 0.2) is 0 Å². The molecule has 0 unspecified atom stereocenters. The highest BCUT2D eigenvalue weighted by atomic mass is 31.2. The van der Waals surface area contributed by atoms with Gasteiger partial charge in [-0.25, -0.2) is 9.65 Å². The molecule has 16 heavy (non-hydrogen) atoms. The molecule has 0 bridgehead atoms. The summed E-state index contributed by atoms with van der Waals surface area (Å²) in [5.41, 5.74) is 1.18. The van der Waals surface area contributed by atoms with Crippen LogP contribution in [0.25, 0.3) is 0 Å². The SMILES string of the molecule is COP(=O)(N[C@@H](C)Cc1ccccc1)OC. The molecule has 0 aliphatic carbocycles. The average molecular weight is 243 g/mol. The van der Waals surface area contributed by atoms with Gasteiger partial charge in [-0.1, -0.05) is 30.3 Å². The van der Waals surface area contributed by atoms with Crippen LogP contribution in [0.15, 0.2) is 30.3 Å². The van der Waals surface area contributed by atoms with E-state index < -0.39 is 7.75 Å². The van der Waals surface area contributed by atoms with E-state index in [0.717, 1.165) is 6.42 Å². The van der Waals surface area contributed by atoms with E-state index in [9.17, 15) is 4.57 Å². The molecule has 0 saturated carbocycles. The molecule has 1 N–H and O–H groups in total. The van der Waals surface area contributed by atoms with Crippen molar-refractivity contribution < 1.29 is 13.6 Å². The van der Waals surface area contributed by atoms with Gasteiger partial charge in [-0.15, -0.1) is 0 Å². The Morgan fingerprint density at radius 2 is 1.81 bits per heavy atom. The molecule has 4 nitrogen and oxygen atoms in total. The summed E-state index contributed by atoms with van der Waals surface area (Å²) in [6, 6.07) is 10.0. The fourth-order valence-corrected chi connectivity index (χ4v) is 2.45. The standard InChI is InChI=1S/C11H18NO3P/c1-10(12-16(13,14-2)15-3)9-11-7-5-4-6-8-11/h4-8,10H,9H2,1-3H3,(H,12,13)/t10-/m0/s1. The third-order valence-electron chi connectivity index (χ3n) is 2.24. The van der Waals surface area contributed by atoms with E-state index in [1.54, 1.807) is 0 Å². The largest absolute Gasteiger partial charge is 0.405 e. The number of rotatable bonds is 6. The Morgan fingerprint density at radius 1 is 1.25 bits per heavy atom. The van der Waals surface area contributed by atoms with Crippen LogP contribution in [0.2, 0.25) is 0 Å². The maximum absolute atomic E-state index is 11.8. The van der Waals surface area contributed by atoms with Gasteiger partial charge in [0, 0.05) is 20.3 Å². The van der Waals surface area contributed by atoms with E-state index in [1.165, 1.54) is 19.8 Å². The van der Waals surface area contributed by atoms with Crippen LogP contribution in [0.3, 0.4) is 0 Å². The summed E-state index contributed by atoms with van der Waals surface area (Å²) in [5.74, 6) is 0. The Morgan fingerprint density at radius 3 is 2.31 bits per heavy atom. The van der Waals surface area contributed by atoms with Gasteiger partial charge in [0.2, 0.25) is 0 Å². The first-order chi connectivity index (χ1) is 7.59. The van der Waals surface area contributed by atoms with Gasteiger partial charge in [0.05, 0.1) is 0 Å². The van der Waals surface area contributed by atoms with Crippen molar-refractivity contribution in [2.75, 3.05) is 14.2 Å². The number of nitrogens with one attached hydrogen (secondary N) is 1. The van der Waals surface area contributed by atoms with E-state index in [2.05, 4.69) is 5.09 Å². The number of benzene rings is 1. The highest BCUT2D eigenvalue weighted by Crippen LogP contribution is 2.42. The van der Waals surface area contributed by atoms with Crippen LogP contribution in [0, 0.1) is 0 Å². The molecule has 0 radical (unpaired) electrons. The van der Waals surface area contributed by atoms with Gasteiger partial charge >= 0.3 is 7.75 Å². The Balaban J connectivity index is 2.54. The number of hydrogen-bond donors (Lipinski definition) is 1. The van der Waals surface area contributed by atoms with Gasteiger partial charge in [0.25, 0.3) is 0 Å². The van der Waals surface area contributed by atoms with Crippen LogP contribution in [0.4, 0.5) is 0 Å². The lowest BCUT2D eigenvalue weighted by molar-refractivity contribution is 0.259. The van der Waals surface area contributed by atoms with Gasteiger partial charge in [0.1, 0.15) is 0 Å². The van der Waals surface area contributed by atoms with Crippen molar-refractivity contribution in [2.45, 2.75) is 19.4 Å². The second kappa shape index (κ2) is 6.16. The Labute approximate surface area is 96.6 Å². The van der Waals surface area contributed by atoms with Crippen molar-refractivity contribution in [1.82, 2.24) is 5.09 Å². The third-order valence-corrected chi connectivity index (χ3v) is 3.96. The summed E-state index contributed by atoms with van der Waals surface area (Å²) in [5, 5.41) is 2.85. The molecule has 90 valence electrons. The maximum Gasteiger partial charge on any atom is 0.405 e. The molecule has 0 saturated heterocycles. The van der Waals surface area contributed by atoms with Crippen LogP contribution in [-0.2, 0) is 20.0 Å². The summed E-state index contributed by atoms with van der Waals surface area (Å²) in [6.07, 6.45) is 0.775. The zero-order valence-corrected chi connectivity index (χ0v) is 10.7. The smallest absolute Gasteiger partial charge is 0.300 e. The van der Waals surface area contributed by atoms with Crippen LogP contribution >= 0.6 is 7.75 Å². The normalized spacial score (nSPS) is 13.7. The predicted molar refractivity (Wildman–Crippen MR) is 64.4 cm³/mol. The van der Waals surface area contributed by atoms with E-state index in [4.69, 9.17) is 9.05 Å². The lowest BCUT2D eigenvalue weighted by atomic mass is 10.1. The second-order valence-corrected chi connectivity index (χ2v) is 5.57. The van der Waals surface area contributed by atoms with E-state index >= 15 is 0 Å². The van der Waals surface area contributed by atoms with Crippen LogP contribution in [0.1, 0.15) is 12.5 Å². The van der Waals surface area contributed by atoms with Crippen LogP contribution < -0.4 is 5.09 Å². The molecule has 0 aliphatic rings. The third kappa shape index (κ3) is 4.06. The lowest BCUT2D eigenvalue weighted by Crippen LogP contribution is -2.26. The molecule has 5 heteroatoms. The van der Waals surface area contributed by atoms with Gasteiger partial charge in [-0.05, 0) is 18.9 Å². The number of hydrogen-bond acceptors (Lipinski definition) is 3. The minimum absolute atomic E-state index is 0.0214. The van der Waals surface area contributed by atoms with E-state index in [0.29, 0.717) is 0 Å². The second-order valence-electron chi connectivity index (χ2n) is 3.58. The van der Waals surface area contributed by atoms with E-state index in [1.807, 2.05) is 37.3 Å². The zero-order chi connectivity index (χ0) is 12.0. The highest BCUT2D eigenvalue weighted by molar-refractivity contribution is 7.51. The predicted octanol–water partition coefficient (Wildman–Crippen LogP) is 2.61.